The fraction of sp³-hybridized carbons (Fsp3) is 0.412. The maximum absolute atomic E-state index is 12.2. The first kappa shape index (κ1) is 15.8. The fourth-order valence-electron chi connectivity index (χ4n) is 3.02. The Morgan fingerprint density at radius 2 is 2.12 bits per heavy atom. The summed E-state index contributed by atoms with van der Waals surface area (Å²) in [6.45, 7) is 3.41. The minimum Gasteiger partial charge on any atom is -0.378 e. The SMILES string of the molecule is O=C(N/N=C\c1ccc(N2CCOCC2)s1)c1cc2c(s1)CCC2. The summed E-state index contributed by atoms with van der Waals surface area (Å²) in [5, 5.41) is 5.33. The van der Waals surface area contributed by atoms with Crippen LogP contribution in [-0.2, 0) is 17.6 Å². The standard InChI is InChI=1S/C17H19N3O2S2/c21-17(15-10-12-2-1-3-14(12)24-15)19-18-11-13-4-5-16(23-13)20-6-8-22-9-7-20/h4-5,10-11H,1-3,6-9H2,(H,19,21)/b18-11-. The van der Waals surface area contributed by atoms with Crippen LogP contribution >= 0.6 is 22.7 Å². The molecule has 0 atom stereocenters. The van der Waals surface area contributed by atoms with Gasteiger partial charge in [0.25, 0.3) is 5.91 Å². The minimum atomic E-state index is -0.115. The lowest BCUT2D eigenvalue weighted by molar-refractivity contribution is 0.0959. The first-order valence-electron chi connectivity index (χ1n) is 8.17. The third-order valence-corrected chi connectivity index (χ3v) is 6.58. The van der Waals surface area contributed by atoms with Crippen molar-refractivity contribution in [3.05, 3.63) is 38.4 Å². The monoisotopic (exact) mass is 361 g/mol. The molecule has 0 radical (unpaired) electrons. The first-order chi connectivity index (χ1) is 11.8. The second kappa shape index (κ2) is 7.04. The smallest absolute Gasteiger partial charge is 0.281 e. The fourth-order valence-corrected chi connectivity index (χ4v) is 5.09. The van der Waals surface area contributed by atoms with Gasteiger partial charge in [-0.15, -0.1) is 22.7 Å². The molecule has 0 spiro atoms. The molecule has 7 heteroatoms. The van der Waals surface area contributed by atoms with E-state index in [1.54, 1.807) is 28.9 Å². The zero-order valence-corrected chi connectivity index (χ0v) is 14.9. The van der Waals surface area contributed by atoms with Crippen LogP contribution in [0.3, 0.4) is 0 Å². The van der Waals surface area contributed by atoms with E-state index in [4.69, 9.17) is 4.74 Å². The molecule has 0 unspecified atom stereocenters. The number of rotatable bonds is 4. The van der Waals surface area contributed by atoms with Crippen molar-refractivity contribution in [1.82, 2.24) is 5.43 Å². The highest BCUT2D eigenvalue weighted by Crippen LogP contribution is 2.30. The molecular weight excluding hydrogens is 342 g/mol. The lowest BCUT2D eigenvalue weighted by Gasteiger charge is -2.27. The number of aryl methyl sites for hydroxylation is 2. The van der Waals surface area contributed by atoms with E-state index in [0.717, 1.165) is 48.9 Å². The van der Waals surface area contributed by atoms with Crippen LogP contribution in [0.25, 0.3) is 0 Å². The molecule has 1 fully saturated rings. The van der Waals surface area contributed by atoms with Gasteiger partial charge in [-0.1, -0.05) is 0 Å². The quantitative estimate of drug-likeness (QED) is 0.673. The van der Waals surface area contributed by atoms with Crippen molar-refractivity contribution in [1.29, 1.82) is 0 Å². The van der Waals surface area contributed by atoms with Crippen LogP contribution < -0.4 is 10.3 Å². The molecule has 1 aliphatic carbocycles. The number of carbonyl (C=O) groups is 1. The van der Waals surface area contributed by atoms with E-state index >= 15 is 0 Å². The Balaban J connectivity index is 1.35. The summed E-state index contributed by atoms with van der Waals surface area (Å²) in [7, 11) is 0. The predicted molar refractivity (Wildman–Crippen MR) is 98.8 cm³/mol. The van der Waals surface area contributed by atoms with Crippen molar-refractivity contribution in [2.45, 2.75) is 19.3 Å². The van der Waals surface area contributed by atoms with Crippen molar-refractivity contribution in [3.8, 4) is 0 Å². The summed E-state index contributed by atoms with van der Waals surface area (Å²) in [4.78, 5) is 17.6. The number of carbonyl (C=O) groups excluding carboxylic acids is 1. The summed E-state index contributed by atoms with van der Waals surface area (Å²) in [5.74, 6) is -0.115. The van der Waals surface area contributed by atoms with E-state index in [0.29, 0.717) is 0 Å². The second-order valence-corrected chi connectivity index (χ2v) is 8.12. The molecule has 1 N–H and O–H groups in total. The van der Waals surface area contributed by atoms with Crippen LogP contribution in [0.5, 0.6) is 0 Å². The van der Waals surface area contributed by atoms with Gasteiger partial charge in [-0.3, -0.25) is 4.79 Å². The molecule has 2 aliphatic rings. The van der Waals surface area contributed by atoms with Gasteiger partial charge < -0.3 is 9.64 Å². The molecule has 0 bridgehead atoms. The molecule has 4 rings (SSSR count). The highest BCUT2D eigenvalue weighted by Gasteiger charge is 2.18. The number of thiophene rings is 2. The maximum atomic E-state index is 12.2. The molecule has 0 aromatic carbocycles. The normalized spacial score (nSPS) is 17.4. The summed E-state index contributed by atoms with van der Waals surface area (Å²) in [6, 6.07) is 6.15. The van der Waals surface area contributed by atoms with Crippen molar-refractivity contribution < 1.29 is 9.53 Å². The zero-order chi connectivity index (χ0) is 16.4. The van der Waals surface area contributed by atoms with Crippen molar-refractivity contribution in [2.24, 2.45) is 5.10 Å². The summed E-state index contributed by atoms with van der Waals surface area (Å²) in [5.41, 5.74) is 3.97. The van der Waals surface area contributed by atoms with Gasteiger partial charge in [0.15, 0.2) is 0 Å². The Morgan fingerprint density at radius 1 is 1.25 bits per heavy atom. The third kappa shape index (κ3) is 3.38. The molecule has 5 nitrogen and oxygen atoms in total. The number of nitrogens with zero attached hydrogens (tertiary/aromatic N) is 2. The van der Waals surface area contributed by atoms with Gasteiger partial charge in [-0.2, -0.15) is 5.10 Å². The van der Waals surface area contributed by atoms with Crippen molar-refractivity contribution >= 4 is 39.8 Å². The molecule has 2 aromatic rings. The van der Waals surface area contributed by atoms with E-state index in [1.165, 1.54) is 21.9 Å². The van der Waals surface area contributed by atoms with Gasteiger partial charge in [-0.25, -0.2) is 5.43 Å². The summed E-state index contributed by atoms with van der Waals surface area (Å²) >= 11 is 3.28. The summed E-state index contributed by atoms with van der Waals surface area (Å²) < 4.78 is 5.37. The number of hydrogen-bond donors (Lipinski definition) is 1. The molecule has 0 saturated carbocycles. The Bertz CT molecular complexity index is 738. The van der Waals surface area contributed by atoms with Gasteiger partial charge in [0.1, 0.15) is 0 Å². The number of amides is 1. The van der Waals surface area contributed by atoms with Gasteiger partial charge >= 0.3 is 0 Å². The van der Waals surface area contributed by atoms with Crippen LogP contribution in [0.4, 0.5) is 5.00 Å². The Morgan fingerprint density at radius 3 is 2.96 bits per heavy atom. The molecule has 3 heterocycles. The molecule has 1 saturated heterocycles. The number of hydrazone groups is 1. The molecule has 24 heavy (non-hydrogen) atoms. The largest absolute Gasteiger partial charge is 0.378 e. The zero-order valence-electron chi connectivity index (χ0n) is 13.3. The van der Waals surface area contributed by atoms with Crippen LogP contribution in [-0.4, -0.2) is 38.4 Å². The van der Waals surface area contributed by atoms with Crippen molar-refractivity contribution in [3.63, 3.8) is 0 Å². The average molecular weight is 361 g/mol. The van der Waals surface area contributed by atoms with E-state index in [1.807, 2.05) is 12.1 Å². The minimum absolute atomic E-state index is 0.115. The van der Waals surface area contributed by atoms with E-state index in [2.05, 4.69) is 21.5 Å². The van der Waals surface area contributed by atoms with E-state index in [9.17, 15) is 4.79 Å². The molecule has 1 aliphatic heterocycles. The highest BCUT2D eigenvalue weighted by atomic mass is 32.1. The number of morpholine rings is 1. The lowest BCUT2D eigenvalue weighted by atomic mass is 10.2. The number of ether oxygens (including phenoxy) is 1. The number of nitrogens with one attached hydrogen (secondary N) is 1. The maximum Gasteiger partial charge on any atom is 0.281 e. The van der Waals surface area contributed by atoms with Gasteiger partial charge in [0.2, 0.25) is 0 Å². The Kier molecular flexibility index (Phi) is 4.64. The Hall–Kier alpha value is -1.70. The predicted octanol–water partition coefficient (Wildman–Crippen LogP) is 2.90. The van der Waals surface area contributed by atoms with Crippen LogP contribution in [0.1, 0.15) is 31.4 Å². The van der Waals surface area contributed by atoms with Gasteiger partial charge in [0, 0.05) is 22.8 Å². The first-order valence-corrected chi connectivity index (χ1v) is 9.80. The van der Waals surface area contributed by atoms with Crippen LogP contribution in [0.2, 0.25) is 0 Å². The van der Waals surface area contributed by atoms with Crippen molar-refractivity contribution in [2.75, 3.05) is 31.2 Å². The van der Waals surface area contributed by atoms with E-state index in [-0.39, 0.29) is 5.91 Å². The number of anilines is 1. The number of fused-ring (bicyclic) bond motifs is 1. The van der Waals surface area contributed by atoms with Crippen LogP contribution in [0.15, 0.2) is 23.3 Å². The molecule has 2 aromatic heterocycles. The average Bonchev–Trinajstić information content (AvgIpc) is 3.31. The molecule has 126 valence electrons. The lowest BCUT2D eigenvalue weighted by Crippen LogP contribution is -2.35. The van der Waals surface area contributed by atoms with Gasteiger partial charge in [0.05, 0.1) is 29.3 Å². The summed E-state index contributed by atoms with van der Waals surface area (Å²) in [6.07, 6.45) is 5.14. The third-order valence-electron chi connectivity index (χ3n) is 4.26. The topological polar surface area (TPSA) is 53.9 Å². The molecular formula is C17H19N3O2S2. The Labute approximate surface area is 148 Å². The van der Waals surface area contributed by atoms with E-state index < -0.39 is 0 Å². The molecule has 1 amide bonds. The second-order valence-electron chi connectivity index (χ2n) is 5.89. The van der Waals surface area contributed by atoms with Crippen LogP contribution in [0, 0.1) is 0 Å². The van der Waals surface area contributed by atoms with Gasteiger partial charge in [-0.05, 0) is 43.0 Å². The number of hydrogen-bond acceptors (Lipinski definition) is 6. The highest BCUT2D eigenvalue weighted by molar-refractivity contribution is 7.17.